The highest BCUT2D eigenvalue weighted by Gasteiger charge is 2.18. The lowest BCUT2D eigenvalue weighted by atomic mass is 10.1. The first-order valence-corrected chi connectivity index (χ1v) is 5.20. The average molecular weight is 210 g/mol. The molecule has 1 heterocycles. The highest BCUT2D eigenvalue weighted by molar-refractivity contribution is 5.78. The molecule has 1 atom stereocenters. The Morgan fingerprint density at radius 3 is 2.87 bits per heavy atom. The quantitative estimate of drug-likeness (QED) is 0.795. The molecule has 2 N–H and O–H groups in total. The van der Waals surface area contributed by atoms with Crippen molar-refractivity contribution >= 4 is 5.91 Å². The Balaban J connectivity index is 2.60. The zero-order valence-corrected chi connectivity index (χ0v) is 9.27. The van der Waals surface area contributed by atoms with Crippen LogP contribution in [0, 0.1) is 5.92 Å². The summed E-state index contributed by atoms with van der Waals surface area (Å²) in [5.41, 5.74) is 5.47. The standard InChI is InChI=1S/C11H18N2O2/c1-3-13(11(14)9(2)7-12)8-10-5-4-6-15-10/h4-6,9H,3,7-8,12H2,1-2H3. The van der Waals surface area contributed by atoms with E-state index in [1.165, 1.54) is 0 Å². The van der Waals surface area contributed by atoms with Crippen molar-refractivity contribution in [1.29, 1.82) is 0 Å². The molecule has 0 bridgehead atoms. The summed E-state index contributed by atoms with van der Waals surface area (Å²) in [7, 11) is 0. The molecule has 1 aromatic rings. The van der Waals surface area contributed by atoms with Gasteiger partial charge in [0.05, 0.1) is 12.8 Å². The minimum atomic E-state index is -0.125. The Morgan fingerprint density at radius 2 is 2.40 bits per heavy atom. The van der Waals surface area contributed by atoms with Crippen molar-refractivity contribution in [2.24, 2.45) is 11.7 Å². The summed E-state index contributed by atoms with van der Waals surface area (Å²) in [5, 5.41) is 0. The van der Waals surface area contributed by atoms with E-state index in [-0.39, 0.29) is 11.8 Å². The van der Waals surface area contributed by atoms with E-state index in [2.05, 4.69) is 0 Å². The van der Waals surface area contributed by atoms with E-state index in [4.69, 9.17) is 10.2 Å². The lowest BCUT2D eigenvalue weighted by molar-refractivity contribution is -0.135. The molecule has 1 rings (SSSR count). The van der Waals surface area contributed by atoms with Gasteiger partial charge in [-0.25, -0.2) is 0 Å². The largest absolute Gasteiger partial charge is 0.467 e. The van der Waals surface area contributed by atoms with Gasteiger partial charge >= 0.3 is 0 Å². The Hall–Kier alpha value is -1.29. The molecule has 15 heavy (non-hydrogen) atoms. The van der Waals surface area contributed by atoms with Gasteiger partial charge in [-0.2, -0.15) is 0 Å². The molecule has 0 saturated carbocycles. The second-order valence-corrected chi connectivity index (χ2v) is 3.57. The SMILES string of the molecule is CCN(Cc1ccco1)C(=O)C(C)CN. The van der Waals surface area contributed by atoms with Gasteiger partial charge in [-0.15, -0.1) is 0 Å². The van der Waals surface area contributed by atoms with Gasteiger partial charge in [-0.05, 0) is 19.1 Å². The predicted molar refractivity (Wildman–Crippen MR) is 58.0 cm³/mol. The van der Waals surface area contributed by atoms with Gasteiger partial charge in [-0.3, -0.25) is 4.79 Å². The summed E-state index contributed by atoms with van der Waals surface area (Å²) in [6, 6.07) is 3.68. The number of hydrogen-bond acceptors (Lipinski definition) is 3. The van der Waals surface area contributed by atoms with E-state index >= 15 is 0 Å². The maximum Gasteiger partial charge on any atom is 0.227 e. The van der Waals surface area contributed by atoms with Crippen LogP contribution in [0.2, 0.25) is 0 Å². The van der Waals surface area contributed by atoms with Crippen molar-refractivity contribution in [3.8, 4) is 0 Å². The summed E-state index contributed by atoms with van der Waals surface area (Å²) < 4.78 is 5.20. The summed E-state index contributed by atoms with van der Waals surface area (Å²) >= 11 is 0. The Bertz CT molecular complexity index is 296. The number of furan rings is 1. The zero-order valence-electron chi connectivity index (χ0n) is 9.27. The molecule has 1 amide bonds. The van der Waals surface area contributed by atoms with E-state index in [0.29, 0.717) is 19.6 Å². The summed E-state index contributed by atoms with van der Waals surface area (Å²) in [5.74, 6) is 0.755. The van der Waals surface area contributed by atoms with Crippen LogP contribution in [0.3, 0.4) is 0 Å². The molecule has 4 heteroatoms. The molecule has 0 spiro atoms. The van der Waals surface area contributed by atoms with Crippen molar-refractivity contribution in [1.82, 2.24) is 4.90 Å². The van der Waals surface area contributed by atoms with E-state index in [1.54, 1.807) is 11.2 Å². The Kier molecular flexibility index (Phi) is 4.37. The van der Waals surface area contributed by atoms with Gasteiger partial charge in [0.1, 0.15) is 5.76 Å². The van der Waals surface area contributed by atoms with Crippen molar-refractivity contribution in [3.05, 3.63) is 24.2 Å². The van der Waals surface area contributed by atoms with Crippen LogP contribution in [0.4, 0.5) is 0 Å². The molecule has 0 aliphatic carbocycles. The lowest BCUT2D eigenvalue weighted by Crippen LogP contribution is -2.37. The van der Waals surface area contributed by atoms with Gasteiger partial charge in [-0.1, -0.05) is 6.92 Å². The topological polar surface area (TPSA) is 59.5 Å². The van der Waals surface area contributed by atoms with Crippen LogP contribution in [0.15, 0.2) is 22.8 Å². The zero-order chi connectivity index (χ0) is 11.3. The fraction of sp³-hybridized carbons (Fsp3) is 0.545. The van der Waals surface area contributed by atoms with E-state index < -0.39 is 0 Å². The molecule has 1 unspecified atom stereocenters. The molecule has 0 fully saturated rings. The fourth-order valence-electron chi connectivity index (χ4n) is 1.35. The van der Waals surface area contributed by atoms with Crippen LogP contribution in [-0.4, -0.2) is 23.9 Å². The maximum absolute atomic E-state index is 11.8. The molecule has 4 nitrogen and oxygen atoms in total. The van der Waals surface area contributed by atoms with Gasteiger partial charge in [0, 0.05) is 19.0 Å². The number of amides is 1. The summed E-state index contributed by atoms with van der Waals surface area (Å²) in [6.07, 6.45) is 1.61. The van der Waals surface area contributed by atoms with Crippen molar-refractivity contribution < 1.29 is 9.21 Å². The predicted octanol–water partition coefficient (Wildman–Crippen LogP) is 1.22. The number of hydrogen-bond donors (Lipinski definition) is 1. The third-order valence-electron chi connectivity index (χ3n) is 2.40. The van der Waals surface area contributed by atoms with Crippen LogP contribution in [-0.2, 0) is 11.3 Å². The molecular weight excluding hydrogens is 192 g/mol. The van der Waals surface area contributed by atoms with Crippen LogP contribution < -0.4 is 5.73 Å². The minimum absolute atomic E-state index is 0.0800. The van der Waals surface area contributed by atoms with Crippen molar-refractivity contribution in [2.75, 3.05) is 13.1 Å². The molecule has 0 radical (unpaired) electrons. The monoisotopic (exact) mass is 210 g/mol. The highest BCUT2D eigenvalue weighted by Crippen LogP contribution is 2.08. The maximum atomic E-state index is 11.8. The molecule has 0 aliphatic heterocycles. The lowest BCUT2D eigenvalue weighted by Gasteiger charge is -2.22. The molecule has 0 aliphatic rings. The first-order chi connectivity index (χ1) is 7.19. The molecule has 84 valence electrons. The number of nitrogens with two attached hydrogens (primary N) is 1. The van der Waals surface area contributed by atoms with E-state index in [0.717, 1.165) is 5.76 Å². The van der Waals surface area contributed by atoms with Crippen LogP contribution in [0.25, 0.3) is 0 Å². The Morgan fingerprint density at radius 1 is 1.67 bits per heavy atom. The highest BCUT2D eigenvalue weighted by atomic mass is 16.3. The van der Waals surface area contributed by atoms with E-state index in [9.17, 15) is 4.79 Å². The number of carbonyl (C=O) groups excluding carboxylic acids is 1. The van der Waals surface area contributed by atoms with Gasteiger partial charge in [0.25, 0.3) is 0 Å². The number of rotatable bonds is 5. The second-order valence-electron chi connectivity index (χ2n) is 3.57. The third kappa shape index (κ3) is 3.09. The minimum Gasteiger partial charge on any atom is -0.467 e. The van der Waals surface area contributed by atoms with Crippen molar-refractivity contribution in [2.45, 2.75) is 20.4 Å². The molecular formula is C11H18N2O2. The fourth-order valence-corrected chi connectivity index (χ4v) is 1.35. The average Bonchev–Trinajstić information content (AvgIpc) is 2.76. The first-order valence-electron chi connectivity index (χ1n) is 5.20. The normalized spacial score (nSPS) is 12.5. The summed E-state index contributed by atoms with van der Waals surface area (Å²) in [6.45, 7) is 5.36. The molecule has 1 aromatic heterocycles. The number of nitrogens with zero attached hydrogens (tertiary/aromatic N) is 1. The van der Waals surface area contributed by atoms with Crippen molar-refractivity contribution in [3.63, 3.8) is 0 Å². The van der Waals surface area contributed by atoms with Gasteiger partial charge in [0.15, 0.2) is 0 Å². The van der Waals surface area contributed by atoms with Crippen LogP contribution in [0.5, 0.6) is 0 Å². The summed E-state index contributed by atoms with van der Waals surface area (Å²) in [4.78, 5) is 13.6. The van der Waals surface area contributed by atoms with Crippen LogP contribution >= 0.6 is 0 Å². The molecule has 0 aromatic carbocycles. The second kappa shape index (κ2) is 5.56. The number of carbonyl (C=O) groups is 1. The van der Waals surface area contributed by atoms with E-state index in [1.807, 2.05) is 26.0 Å². The smallest absolute Gasteiger partial charge is 0.227 e. The first kappa shape index (κ1) is 11.8. The Labute approximate surface area is 90.0 Å². The van der Waals surface area contributed by atoms with Crippen LogP contribution in [0.1, 0.15) is 19.6 Å². The molecule has 0 saturated heterocycles. The van der Waals surface area contributed by atoms with Gasteiger partial charge < -0.3 is 15.1 Å². The third-order valence-corrected chi connectivity index (χ3v) is 2.40. The van der Waals surface area contributed by atoms with Gasteiger partial charge in [0.2, 0.25) is 5.91 Å².